The number of carbonyl (C=O) groups excluding carboxylic acids is 1. The molecule has 0 aliphatic carbocycles. The number of ether oxygens (including phenoxy) is 1. The van der Waals surface area contributed by atoms with Crippen LogP contribution in [0.1, 0.15) is 21.7 Å². The Morgan fingerprint density at radius 1 is 0.800 bits per heavy atom. The van der Waals surface area contributed by atoms with Crippen molar-refractivity contribution in [2.75, 3.05) is 7.11 Å². The summed E-state index contributed by atoms with van der Waals surface area (Å²) in [4.78, 5) is 16.6. The Kier molecular flexibility index (Phi) is 6.85. The fourth-order valence-corrected chi connectivity index (χ4v) is 11.8. The zero-order chi connectivity index (χ0) is 25.1. The van der Waals surface area contributed by atoms with E-state index in [0.29, 0.717) is 0 Å². The summed E-state index contributed by atoms with van der Waals surface area (Å²) in [5, 5.41) is -1.00. The number of rotatable bonds is 6. The molecule has 0 N–H and O–H groups in total. The third kappa shape index (κ3) is 4.51. The van der Waals surface area contributed by atoms with Gasteiger partial charge in [-0.2, -0.15) is 0 Å². The first-order valence-electron chi connectivity index (χ1n) is 10.7. The molecule has 3 nitrogen and oxygen atoms in total. The minimum atomic E-state index is -4.67. The molecule has 0 atom stereocenters. The normalized spacial score (nSPS) is 13.0. The molecule has 0 spiro atoms. The van der Waals surface area contributed by atoms with Crippen LogP contribution in [-0.4, -0.2) is 18.1 Å². The van der Waals surface area contributed by atoms with Gasteiger partial charge >= 0.3 is 210 Å². The van der Waals surface area contributed by atoms with Gasteiger partial charge in [-0.3, -0.25) is 0 Å². The van der Waals surface area contributed by atoms with Crippen LogP contribution >= 0.6 is 20.8 Å². The van der Waals surface area contributed by atoms with Gasteiger partial charge in [0.25, 0.3) is 0 Å². The van der Waals surface area contributed by atoms with Crippen LogP contribution in [0.4, 0.5) is 13.2 Å². The van der Waals surface area contributed by atoms with Crippen molar-refractivity contribution in [1.29, 1.82) is 0 Å². The number of hydrogen-bond acceptors (Lipinski definition) is 3. The van der Waals surface area contributed by atoms with Crippen LogP contribution in [-0.2, 0) is 17.1 Å². The SMILES string of the molecule is COC(=O)c1ccc(C(F)(F)F)nc1CP(Br)(c1ccccc1)(c1ccccc1)c1ccccc1. The topological polar surface area (TPSA) is 39.2 Å². The average molecular weight is 560 g/mol. The quantitative estimate of drug-likeness (QED) is 0.208. The predicted octanol–water partition coefficient (Wildman–Crippen LogP) is 6.23. The molecule has 180 valence electrons. The van der Waals surface area contributed by atoms with E-state index in [1.165, 1.54) is 7.11 Å². The van der Waals surface area contributed by atoms with Crippen molar-refractivity contribution >= 4 is 42.7 Å². The van der Waals surface area contributed by atoms with Gasteiger partial charge in [-0.15, -0.1) is 0 Å². The second-order valence-corrected chi connectivity index (χ2v) is 17.0. The van der Waals surface area contributed by atoms with Crippen LogP contribution in [0.25, 0.3) is 0 Å². The summed E-state index contributed by atoms with van der Waals surface area (Å²) < 4.78 is 46.0. The Hall–Kier alpha value is -3.02. The van der Waals surface area contributed by atoms with Gasteiger partial charge in [-0.1, -0.05) is 0 Å². The third-order valence-corrected chi connectivity index (χ3v) is 15.5. The van der Waals surface area contributed by atoms with Crippen molar-refractivity contribution in [2.24, 2.45) is 0 Å². The molecule has 3 aromatic carbocycles. The molecule has 0 saturated heterocycles. The van der Waals surface area contributed by atoms with Gasteiger partial charge < -0.3 is 0 Å². The number of nitrogens with zero attached hydrogens (tertiary/aromatic N) is 1. The molecule has 8 heteroatoms. The zero-order valence-corrected chi connectivity index (χ0v) is 21.2. The standard InChI is InChI=1S/C27H22BrF3NO2P/c1-34-26(33)23-17-18-25(27(29,30)31)32-24(23)19-35(28,20-11-5-2-6-12-20,21-13-7-3-8-14-21)22-15-9-4-10-16-22/h2-18H,19H2,1H3. The van der Waals surface area contributed by atoms with Crippen molar-refractivity contribution in [3.8, 4) is 0 Å². The second-order valence-electron chi connectivity index (χ2n) is 8.03. The van der Waals surface area contributed by atoms with Crippen molar-refractivity contribution in [2.45, 2.75) is 12.3 Å². The Balaban J connectivity index is 2.12. The van der Waals surface area contributed by atoms with Crippen LogP contribution in [0.2, 0.25) is 0 Å². The van der Waals surface area contributed by atoms with E-state index in [1.807, 2.05) is 91.0 Å². The van der Waals surface area contributed by atoms with Crippen LogP contribution < -0.4 is 15.9 Å². The summed E-state index contributed by atoms with van der Waals surface area (Å²) in [6, 6.07) is 30.7. The van der Waals surface area contributed by atoms with E-state index in [4.69, 9.17) is 4.74 Å². The van der Waals surface area contributed by atoms with E-state index >= 15 is 0 Å². The number of carbonyl (C=O) groups is 1. The summed E-state index contributed by atoms with van der Waals surface area (Å²) in [7, 11) is 1.20. The molecule has 0 aliphatic rings. The summed E-state index contributed by atoms with van der Waals surface area (Å²) >= 11 is 4.19. The van der Waals surface area contributed by atoms with E-state index in [0.717, 1.165) is 28.0 Å². The summed E-state index contributed by atoms with van der Waals surface area (Å²) in [5.41, 5.74) is -1.05. The third-order valence-electron chi connectivity index (χ3n) is 6.00. The summed E-state index contributed by atoms with van der Waals surface area (Å²) in [5.74, 6) is -0.743. The van der Waals surface area contributed by atoms with Gasteiger partial charge in [0.05, 0.1) is 0 Å². The molecule has 0 aliphatic heterocycles. The molecule has 0 unspecified atom stereocenters. The molecule has 0 saturated carbocycles. The summed E-state index contributed by atoms with van der Waals surface area (Å²) in [6.07, 6.45) is -4.64. The van der Waals surface area contributed by atoms with Crippen molar-refractivity contribution in [3.05, 3.63) is 120 Å². The van der Waals surface area contributed by atoms with Crippen LogP contribution in [0.15, 0.2) is 103 Å². The van der Waals surface area contributed by atoms with E-state index in [1.54, 1.807) is 0 Å². The van der Waals surface area contributed by atoms with E-state index in [9.17, 15) is 18.0 Å². The van der Waals surface area contributed by atoms with E-state index in [2.05, 4.69) is 20.5 Å². The molecule has 1 heterocycles. The molecule has 0 bridgehead atoms. The Bertz CT molecular complexity index is 1230. The van der Waals surface area contributed by atoms with Crippen molar-refractivity contribution < 1.29 is 22.7 Å². The van der Waals surface area contributed by atoms with Crippen LogP contribution in [0.5, 0.6) is 0 Å². The minimum absolute atomic E-state index is 0.00302. The van der Waals surface area contributed by atoms with Gasteiger partial charge in [-0.05, 0) is 0 Å². The Labute approximate surface area is 209 Å². The van der Waals surface area contributed by atoms with Gasteiger partial charge in [0.1, 0.15) is 0 Å². The van der Waals surface area contributed by atoms with Gasteiger partial charge in [-0.25, -0.2) is 0 Å². The van der Waals surface area contributed by atoms with Crippen molar-refractivity contribution in [1.82, 2.24) is 4.98 Å². The number of hydrogen-bond donors (Lipinski definition) is 0. The first-order chi connectivity index (χ1) is 16.7. The molecule has 35 heavy (non-hydrogen) atoms. The second kappa shape index (κ2) is 9.56. The van der Waals surface area contributed by atoms with Gasteiger partial charge in [0.2, 0.25) is 0 Å². The molecule has 4 aromatic rings. The molecule has 0 radical (unpaired) electrons. The average Bonchev–Trinajstić information content (AvgIpc) is 2.89. The monoisotopic (exact) mass is 559 g/mol. The van der Waals surface area contributed by atoms with E-state index < -0.39 is 23.1 Å². The first kappa shape index (κ1) is 25.1. The van der Waals surface area contributed by atoms with Crippen LogP contribution in [0, 0.1) is 0 Å². The zero-order valence-electron chi connectivity index (χ0n) is 18.7. The molecule has 0 amide bonds. The van der Waals surface area contributed by atoms with E-state index in [-0.39, 0.29) is 17.4 Å². The first-order valence-corrected chi connectivity index (χ1v) is 15.2. The molecule has 0 fully saturated rings. The van der Waals surface area contributed by atoms with Crippen LogP contribution in [0.3, 0.4) is 0 Å². The molecular formula is C27H22BrF3NO2P. The number of methoxy groups -OCH3 is 1. The fraction of sp³-hybridized carbons (Fsp3) is 0.111. The number of pyridine rings is 1. The van der Waals surface area contributed by atoms with Crippen molar-refractivity contribution in [3.63, 3.8) is 0 Å². The number of halogens is 4. The fourth-order valence-electron chi connectivity index (χ4n) is 4.29. The number of alkyl halides is 3. The number of esters is 1. The predicted molar refractivity (Wildman–Crippen MR) is 138 cm³/mol. The maximum atomic E-state index is 13.7. The molecular weight excluding hydrogens is 538 g/mol. The molecule has 4 rings (SSSR count). The maximum absolute atomic E-state index is 13.7. The summed E-state index contributed by atoms with van der Waals surface area (Å²) in [6.45, 7) is 0. The van der Waals surface area contributed by atoms with Gasteiger partial charge in [0, 0.05) is 0 Å². The Morgan fingerprint density at radius 2 is 1.23 bits per heavy atom. The Morgan fingerprint density at radius 3 is 1.60 bits per heavy atom. The molecule has 1 aromatic heterocycles. The number of benzene rings is 3. The van der Waals surface area contributed by atoms with Gasteiger partial charge in [0.15, 0.2) is 0 Å². The number of aromatic nitrogens is 1.